The quantitative estimate of drug-likeness (QED) is 0.594. The molecule has 102 valence electrons. The zero-order chi connectivity index (χ0) is 14.9. The molecule has 0 N–H and O–H groups in total. The van der Waals surface area contributed by atoms with Gasteiger partial charge in [-0.15, -0.1) is 0 Å². The molecule has 1 aromatic heterocycles. The number of hydrogen-bond donors (Lipinski definition) is 0. The van der Waals surface area contributed by atoms with Crippen LogP contribution in [0.1, 0.15) is 11.4 Å². The van der Waals surface area contributed by atoms with Crippen molar-refractivity contribution < 1.29 is 17.6 Å². The molecule has 0 unspecified atom stereocenters. The molecule has 0 bridgehead atoms. The number of aromatic nitrogens is 2. The number of benzene rings is 1. The van der Waals surface area contributed by atoms with Crippen molar-refractivity contribution in [3.63, 3.8) is 0 Å². The van der Waals surface area contributed by atoms with E-state index >= 15 is 0 Å². The average molecular weight is 302 g/mol. The van der Waals surface area contributed by atoms with E-state index in [1.54, 1.807) is 6.07 Å². The summed E-state index contributed by atoms with van der Waals surface area (Å²) in [5.41, 5.74) is -0.243. The van der Waals surface area contributed by atoms with Gasteiger partial charge in [-0.3, -0.25) is 0 Å². The molecule has 2 aromatic rings. The normalized spacial score (nSPS) is 11.2. The van der Waals surface area contributed by atoms with Gasteiger partial charge in [0.25, 0.3) is 0 Å². The molecular weight excluding hydrogens is 298 g/mol. The maximum atomic E-state index is 13.3. The summed E-state index contributed by atoms with van der Waals surface area (Å²) in [4.78, 5) is 6.36. The highest BCUT2D eigenvalue weighted by Gasteiger charge is 2.35. The van der Waals surface area contributed by atoms with Crippen LogP contribution in [-0.2, 0) is 6.18 Å². The zero-order valence-corrected chi connectivity index (χ0v) is 10.3. The summed E-state index contributed by atoms with van der Waals surface area (Å²) in [7, 11) is 0. The molecule has 8 heteroatoms. The van der Waals surface area contributed by atoms with Gasteiger partial charge in [0.2, 0.25) is 5.82 Å². The van der Waals surface area contributed by atoms with Crippen LogP contribution in [-0.4, -0.2) is 9.97 Å². The Balaban J connectivity index is 2.62. The van der Waals surface area contributed by atoms with Crippen molar-refractivity contribution >= 4 is 11.6 Å². The average Bonchev–Trinajstić information content (AvgIpc) is 2.36. The third kappa shape index (κ3) is 3.03. The molecule has 20 heavy (non-hydrogen) atoms. The van der Waals surface area contributed by atoms with Crippen molar-refractivity contribution in [1.82, 2.24) is 9.97 Å². The highest BCUT2D eigenvalue weighted by molar-refractivity contribution is 6.29. The van der Waals surface area contributed by atoms with Crippen molar-refractivity contribution in [3.05, 3.63) is 46.6 Å². The maximum Gasteiger partial charge on any atom is 0.451 e. The monoisotopic (exact) mass is 301 g/mol. The van der Waals surface area contributed by atoms with Crippen LogP contribution in [0.15, 0.2) is 24.3 Å². The van der Waals surface area contributed by atoms with E-state index in [-0.39, 0.29) is 16.8 Å². The van der Waals surface area contributed by atoms with Gasteiger partial charge in [-0.2, -0.15) is 18.4 Å². The van der Waals surface area contributed by atoms with Crippen LogP contribution in [0, 0.1) is 17.1 Å². The van der Waals surface area contributed by atoms with Gasteiger partial charge in [0, 0.05) is 11.6 Å². The summed E-state index contributed by atoms with van der Waals surface area (Å²) in [5.74, 6) is -2.19. The van der Waals surface area contributed by atoms with Crippen LogP contribution in [0.5, 0.6) is 0 Å². The SMILES string of the molecule is N#Cc1cc(F)cc(-c2cc(Cl)nc(C(F)(F)F)n2)c1. The van der Waals surface area contributed by atoms with E-state index in [9.17, 15) is 17.6 Å². The standard InChI is InChI=1S/C12H4ClF4N3/c13-10-4-9(19-11(20-10)12(15,16)17)7-1-6(5-18)2-8(14)3-7/h1-4H. The molecule has 0 saturated carbocycles. The van der Waals surface area contributed by atoms with Gasteiger partial charge in [-0.1, -0.05) is 11.6 Å². The van der Waals surface area contributed by atoms with E-state index in [1.807, 2.05) is 0 Å². The van der Waals surface area contributed by atoms with Crippen LogP contribution in [0.25, 0.3) is 11.3 Å². The molecule has 0 aliphatic rings. The molecule has 0 spiro atoms. The fraction of sp³-hybridized carbons (Fsp3) is 0.0833. The zero-order valence-electron chi connectivity index (χ0n) is 9.54. The number of halogens is 5. The molecule has 2 rings (SSSR count). The molecule has 0 aliphatic carbocycles. The summed E-state index contributed by atoms with van der Waals surface area (Å²) in [6, 6.07) is 5.88. The Morgan fingerprint density at radius 1 is 1.10 bits per heavy atom. The molecule has 0 saturated heterocycles. The molecular formula is C12H4ClF4N3. The molecule has 3 nitrogen and oxygen atoms in total. The summed E-state index contributed by atoms with van der Waals surface area (Å²) in [5, 5.41) is 8.29. The van der Waals surface area contributed by atoms with Crippen molar-refractivity contribution in [2.75, 3.05) is 0 Å². The first kappa shape index (κ1) is 14.2. The van der Waals surface area contributed by atoms with Crippen molar-refractivity contribution in [2.24, 2.45) is 0 Å². The molecule has 0 fully saturated rings. The Labute approximate surface area is 115 Å². The third-order valence-corrected chi connectivity index (χ3v) is 2.46. The van der Waals surface area contributed by atoms with Crippen LogP contribution in [0.2, 0.25) is 5.15 Å². The van der Waals surface area contributed by atoms with E-state index < -0.39 is 23.0 Å². The summed E-state index contributed by atoms with van der Waals surface area (Å²) >= 11 is 5.51. The summed E-state index contributed by atoms with van der Waals surface area (Å²) in [6.45, 7) is 0. The lowest BCUT2D eigenvalue weighted by molar-refractivity contribution is -0.144. The highest BCUT2D eigenvalue weighted by Crippen LogP contribution is 2.30. The minimum Gasteiger partial charge on any atom is -0.224 e. The van der Waals surface area contributed by atoms with Crippen LogP contribution < -0.4 is 0 Å². The molecule has 0 amide bonds. The van der Waals surface area contributed by atoms with E-state index in [4.69, 9.17) is 16.9 Å². The Bertz CT molecular complexity index is 707. The molecule has 1 aromatic carbocycles. The molecule has 0 atom stereocenters. The van der Waals surface area contributed by atoms with Gasteiger partial charge in [-0.05, 0) is 18.2 Å². The van der Waals surface area contributed by atoms with Gasteiger partial charge in [0.05, 0.1) is 17.3 Å². The maximum absolute atomic E-state index is 13.3. The lowest BCUT2D eigenvalue weighted by atomic mass is 10.1. The van der Waals surface area contributed by atoms with Gasteiger partial charge >= 0.3 is 6.18 Å². The summed E-state index contributed by atoms with van der Waals surface area (Å²) < 4.78 is 51.0. The van der Waals surface area contributed by atoms with E-state index in [1.165, 1.54) is 6.07 Å². The van der Waals surface area contributed by atoms with Crippen molar-refractivity contribution in [2.45, 2.75) is 6.18 Å². The van der Waals surface area contributed by atoms with E-state index in [0.29, 0.717) is 0 Å². The summed E-state index contributed by atoms with van der Waals surface area (Å²) in [6.07, 6.45) is -4.77. The van der Waals surface area contributed by atoms with Gasteiger partial charge < -0.3 is 0 Å². The first-order valence-electron chi connectivity index (χ1n) is 5.12. The predicted octanol–water partition coefficient (Wildman–Crippen LogP) is 3.83. The van der Waals surface area contributed by atoms with Crippen molar-refractivity contribution in [3.8, 4) is 17.3 Å². The Hall–Kier alpha value is -2.20. The lowest BCUT2D eigenvalue weighted by Gasteiger charge is -2.08. The van der Waals surface area contributed by atoms with Crippen LogP contribution in [0.3, 0.4) is 0 Å². The first-order valence-corrected chi connectivity index (χ1v) is 5.50. The second-order valence-corrected chi connectivity index (χ2v) is 4.12. The minimum absolute atomic E-state index is 0.0105. The highest BCUT2D eigenvalue weighted by atomic mass is 35.5. The topological polar surface area (TPSA) is 49.6 Å². The fourth-order valence-corrected chi connectivity index (χ4v) is 1.68. The lowest BCUT2D eigenvalue weighted by Crippen LogP contribution is -2.11. The Kier molecular flexibility index (Phi) is 3.59. The fourth-order valence-electron chi connectivity index (χ4n) is 1.49. The number of nitrogens with zero attached hydrogens (tertiary/aromatic N) is 3. The number of rotatable bonds is 1. The Morgan fingerprint density at radius 2 is 1.80 bits per heavy atom. The second kappa shape index (κ2) is 5.06. The molecule has 0 radical (unpaired) electrons. The second-order valence-electron chi connectivity index (χ2n) is 3.74. The smallest absolute Gasteiger partial charge is 0.224 e. The van der Waals surface area contributed by atoms with Gasteiger partial charge in [0.1, 0.15) is 11.0 Å². The van der Waals surface area contributed by atoms with E-state index in [2.05, 4.69) is 9.97 Å². The van der Waals surface area contributed by atoms with Gasteiger partial charge in [-0.25, -0.2) is 14.4 Å². The third-order valence-electron chi connectivity index (χ3n) is 2.27. The molecule has 0 aliphatic heterocycles. The largest absolute Gasteiger partial charge is 0.451 e. The van der Waals surface area contributed by atoms with Crippen LogP contribution >= 0.6 is 11.6 Å². The molecule has 1 heterocycles. The first-order chi connectivity index (χ1) is 9.29. The van der Waals surface area contributed by atoms with Gasteiger partial charge in [0.15, 0.2) is 0 Å². The number of alkyl halides is 3. The minimum atomic E-state index is -4.77. The predicted molar refractivity (Wildman–Crippen MR) is 62.2 cm³/mol. The number of nitriles is 1. The Morgan fingerprint density at radius 3 is 2.40 bits per heavy atom. The van der Waals surface area contributed by atoms with E-state index in [0.717, 1.165) is 18.2 Å². The van der Waals surface area contributed by atoms with Crippen LogP contribution in [0.4, 0.5) is 17.6 Å². The number of hydrogen-bond acceptors (Lipinski definition) is 3. The van der Waals surface area contributed by atoms with Crippen molar-refractivity contribution in [1.29, 1.82) is 5.26 Å².